The van der Waals surface area contributed by atoms with Crippen molar-refractivity contribution in [3.8, 4) is 0 Å². The number of likely N-dealkylation sites (N-methyl/N-ethyl adjacent to an activating group) is 1. The van der Waals surface area contributed by atoms with Crippen LogP contribution in [-0.4, -0.2) is 41.5 Å². The summed E-state index contributed by atoms with van der Waals surface area (Å²) in [5.41, 5.74) is 7.44. The number of aromatic nitrogens is 1. The third-order valence-electron chi connectivity index (χ3n) is 3.73. The molecule has 0 bridgehead atoms. The van der Waals surface area contributed by atoms with E-state index in [4.69, 9.17) is 5.73 Å². The molecule has 0 aliphatic heterocycles. The standard InChI is InChI=1S/C14H22N4O/c1-9(18(3)12-4-5-12)7-17-14(19)13-6-11(15)8-16-10(13)2/h6,8-9,12H,4-5,7,15H2,1-3H3,(H,17,19). The van der Waals surface area contributed by atoms with Gasteiger partial charge in [0, 0.05) is 18.6 Å². The smallest absolute Gasteiger partial charge is 0.253 e. The Morgan fingerprint density at radius 2 is 2.32 bits per heavy atom. The molecule has 1 heterocycles. The molecule has 1 aromatic rings. The summed E-state index contributed by atoms with van der Waals surface area (Å²) in [5.74, 6) is -0.103. The Morgan fingerprint density at radius 3 is 2.95 bits per heavy atom. The fourth-order valence-corrected chi connectivity index (χ4v) is 2.10. The molecule has 1 amide bonds. The van der Waals surface area contributed by atoms with Crippen LogP contribution in [0.4, 0.5) is 5.69 Å². The van der Waals surface area contributed by atoms with Crippen molar-refractivity contribution in [3.63, 3.8) is 0 Å². The van der Waals surface area contributed by atoms with Crippen LogP contribution in [0.25, 0.3) is 0 Å². The quantitative estimate of drug-likeness (QED) is 0.836. The van der Waals surface area contributed by atoms with Gasteiger partial charge in [-0.2, -0.15) is 0 Å². The number of aryl methyl sites for hydroxylation is 1. The lowest BCUT2D eigenvalue weighted by Crippen LogP contribution is -2.41. The van der Waals surface area contributed by atoms with Crippen LogP contribution in [0.1, 0.15) is 35.8 Å². The normalized spacial score (nSPS) is 16.4. The number of carbonyl (C=O) groups is 1. The molecule has 0 radical (unpaired) electrons. The van der Waals surface area contributed by atoms with Gasteiger partial charge in [0.1, 0.15) is 0 Å². The zero-order valence-corrected chi connectivity index (χ0v) is 11.8. The topological polar surface area (TPSA) is 71.2 Å². The van der Waals surface area contributed by atoms with E-state index in [0.717, 1.165) is 0 Å². The highest BCUT2D eigenvalue weighted by Crippen LogP contribution is 2.26. The maximum Gasteiger partial charge on any atom is 0.253 e. The number of hydrogen-bond donors (Lipinski definition) is 2. The van der Waals surface area contributed by atoms with Crippen LogP contribution in [0.15, 0.2) is 12.3 Å². The van der Waals surface area contributed by atoms with Crippen molar-refractivity contribution in [2.24, 2.45) is 0 Å². The van der Waals surface area contributed by atoms with E-state index >= 15 is 0 Å². The minimum absolute atomic E-state index is 0.103. The van der Waals surface area contributed by atoms with E-state index < -0.39 is 0 Å². The molecule has 1 unspecified atom stereocenters. The van der Waals surface area contributed by atoms with E-state index in [1.54, 1.807) is 12.3 Å². The van der Waals surface area contributed by atoms with Crippen molar-refractivity contribution in [1.82, 2.24) is 15.2 Å². The van der Waals surface area contributed by atoms with Gasteiger partial charge in [-0.15, -0.1) is 0 Å². The van der Waals surface area contributed by atoms with Crippen molar-refractivity contribution in [1.29, 1.82) is 0 Å². The van der Waals surface area contributed by atoms with Crippen molar-refractivity contribution >= 4 is 11.6 Å². The van der Waals surface area contributed by atoms with Crippen LogP contribution in [0.5, 0.6) is 0 Å². The first-order valence-corrected chi connectivity index (χ1v) is 6.71. The number of nitrogen functional groups attached to an aromatic ring is 1. The van der Waals surface area contributed by atoms with Gasteiger partial charge >= 0.3 is 0 Å². The summed E-state index contributed by atoms with van der Waals surface area (Å²) < 4.78 is 0. The lowest BCUT2D eigenvalue weighted by Gasteiger charge is -2.24. The average molecular weight is 262 g/mol. The summed E-state index contributed by atoms with van der Waals surface area (Å²) in [6.07, 6.45) is 4.11. The van der Waals surface area contributed by atoms with E-state index in [2.05, 4.69) is 29.2 Å². The van der Waals surface area contributed by atoms with Crippen LogP contribution >= 0.6 is 0 Å². The summed E-state index contributed by atoms with van der Waals surface area (Å²) in [6, 6.07) is 2.71. The lowest BCUT2D eigenvalue weighted by atomic mass is 10.1. The van der Waals surface area contributed by atoms with Crippen LogP contribution in [0.3, 0.4) is 0 Å². The molecular weight excluding hydrogens is 240 g/mol. The Labute approximate surface area is 114 Å². The van der Waals surface area contributed by atoms with Crippen molar-refractivity contribution in [2.45, 2.75) is 38.8 Å². The zero-order chi connectivity index (χ0) is 14.0. The van der Waals surface area contributed by atoms with Crippen molar-refractivity contribution < 1.29 is 4.79 Å². The average Bonchev–Trinajstić information content (AvgIpc) is 3.21. The molecule has 0 spiro atoms. The Morgan fingerprint density at radius 1 is 1.63 bits per heavy atom. The molecule has 0 aromatic carbocycles. The van der Waals surface area contributed by atoms with Crippen LogP contribution in [0, 0.1) is 6.92 Å². The molecule has 19 heavy (non-hydrogen) atoms. The van der Waals surface area contributed by atoms with Gasteiger partial charge in [0.05, 0.1) is 23.1 Å². The Hall–Kier alpha value is -1.62. The summed E-state index contributed by atoms with van der Waals surface area (Å²) in [7, 11) is 2.11. The summed E-state index contributed by atoms with van der Waals surface area (Å²) in [6.45, 7) is 4.58. The molecular formula is C14H22N4O. The highest BCUT2D eigenvalue weighted by Gasteiger charge is 2.29. The number of nitrogens with two attached hydrogens (primary N) is 1. The number of carbonyl (C=O) groups excluding carboxylic acids is 1. The van der Waals surface area contributed by atoms with Gasteiger partial charge in [0.25, 0.3) is 5.91 Å². The van der Waals surface area contributed by atoms with Gasteiger partial charge in [0.2, 0.25) is 0 Å². The molecule has 3 N–H and O–H groups in total. The highest BCUT2D eigenvalue weighted by atomic mass is 16.1. The largest absolute Gasteiger partial charge is 0.397 e. The third kappa shape index (κ3) is 3.44. The van der Waals surface area contributed by atoms with Crippen molar-refractivity contribution in [2.75, 3.05) is 19.3 Å². The highest BCUT2D eigenvalue weighted by molar-refractivity contribution is 5.95. The Bertz CT molecular complexity index is 471. The van der Waals surface area contributed by atoms with E-state index in [1.165, 1.54) is 12.8 Å². The summed E-state index contributed by atoms with van der Waals surface area (Å²) in [5, 5.41) is 2.95. The molecule has 104 valence electrons. The fourth-order valence-electron chi connectivity index (χ4n) is 2.10. The lowest BCUT2D eigenvalue weighted by molar-refractivity contribution is 0.0938. The van der Waals surface area contributed by atoms with Gasteiger partial charge < -0.3 is 11.1 Å². The second-order valence-electron chi connectivity index (χ2n) is 5.36. The number of amides is 1. The Kier molecular flexibility index (Phi) is 4.04. The van der Waals surface area contributed by atoms with E-state index in [9.17, 15) is 4.79 Å². The maximum atomic E-state index is 12.1. The van der Waals surface area contributed by atoms with Gasteiger partial charge in [-0.25, -0.2) is 0 Å². The molecule has 5 nitrogen and oxygen atoms in total. The number of hydrogen-bond acceptors (Lipinski definition) is 4. The number of pyridine rings is 1. The van der Waals surface area contributed by atoms with E-state index in [0.29, 0.717) is 35.6 Å². The molecule has 1 aliphatic carbocycles. The minimum Gasteiger partial charge on any atom is -0.397 e. The van der Waals surface area contributed by atoms with Gasteiger partial charge in [-0.05, 0) is 39.8 Å². The van der Waals surface area contributed by atoms with Crippen LogP contribution in [-0.2, 0) is 0 Å². The predicted octanol–water partition coefficient (Wildman–Crippen LogP) is 1.18. The first-order valence-electron chi connectivity index (χ1n) is 6.71. The van der Waals surface area contributed by atoms with Crippen LogP contribution < -0.4 is 11.1 Å². The van der Waals surface area contributed by atoms with E-state index in [-0.39, 0.29) is 5.91 Å². The first kappa shape index (κ1) is 13.8. The number of rotatable bonds is 5. The minimum atomic E-state index is -0.103. The molecule has 2 rings (SSSR count). The Balaban J connectivity index is 1.91. The van der Waals surface area contributed by atoms with E-state index in [1.807, 2.05) is 6.92 Å². The molecule has 0 saturated heterocycles. The first-order chi connectivity index (χ1) is 8.99. The molecule has 5 heteroatoms. The van der Waals surface area contributed by atoms with Gasteiger partial charge in [-0.1, -0.05) is 0 Å². The second-order valence-corrected chi connectivity index (χ2v) is 5.36. The van der Waals surface area contributed by atoms with Gasteiger partial charge in [-0.3, -0.25) is 14.7 Å². The third-order valence-corrected chi connectivity index (χ3v) is 3.73. The summed E-state index contributed by atoms with van der Waals surface area (Å²) >= 11 is 0. The predicted molar refractivity (Wildman–Crippen MR) is 76.0 cm³/mol. The molecule has 1 aliphatic rings. The zero-order valence-electron chi connectivity index (χ0n) is 11.8. The van der Waals surface area contributed by atoms with Crippen molar-refractivity contribution in [3.05, 3.63) is 23.5 Å². The SMILES string of the molecule is Cc1ncc(N)cc1C(=O)NCC(C)N(C)C1CC1. The number of anilines is 1. The van der Waals surface area contributed by atoms with Gasteiger partial charge in [0.15, 0.2) is 0 Å². The molecule has 1 aromatic heterocycles. The monoisotopic (exact) mass is 262 g/mol. The maximum absolute atomic E-state index is 12.1. The fraction of sp³-hybridized carbons (Fsp3) is 0.571. The molecule has 1 atom stereocenters. The molecule has 1 saturated carbocycles. The number of nitrogens with one attached hydrogen (secondary N) is 1. The molecule has 1 fully saturated rings. The second kappa shape index (κ2) is 5.57. The summed E-state index contributed by atoms with van der Waals surface area (Å²) in [4.78, 5) is 18.5. The van der Waals surface area contributed by atoms with Crippen LogP contribution in [0.2, 0.25) is 0 Å². The number of nitrogens with zero attached hydrogens (tertiary/aromatic N) is 2.